The van der Waals surface area contributed by atoms with Gasteiger partial charge in [-0.25, -0.2) is 0 Å². The van der Waals surface area contributed by atoms with E-state index in [1.807, 2.05) is 54.6 Å². The summed E-state index contributed by atoms with van der Waals surface area (Å²) >= 11 is 0. The fourth-order valence-electron chi connectivity index (χ4n) is 4.11. The van der Waals surface area contributed by atoms with Crippen molar-refractivity contribution in [1.82, 2.24) is 5.32 Å². The Morgan fingerprint density at radius 2 is 1.88 bits per heavy atom. The molecule has 7 atom stereocenters. The molecule has 172 valence electrons. The molecule has 7 heteroatoms. The zero-order valence-electron chi connectivity index (χ0n) is 18.6. The normalized spacial score (nSPS) is 30.8. The number of ether oxygens (including phenoxy) is 4. The van der Waals surface area contributed by atoms with Crippen molar-refractivity contribution in [1.29, 1.82) is 0 Å². The fraction of sp³-hybridized carbons (Fsp3) is 0.480. The molecule has 7 nitrogen and oxygen atoms in total. The number of aliphatic hydroxyl groups is 1. The number of aliphatic hydroxyl groups excluding tert-OH is 1. The third-order valence-corrected chi connectivity index (χ3v) is 6.12. The van der Waals surface area contributed by atoms with Crippen LogP contribution in [0, 0.1) is 0 Å². The van der Waals surface area contributed by atoms with Crippen LogP contribution in [0.5, 0.6) is 5.75 Å². The molecule has 2 heterocycles. The van der Waals surface area contributed by atoms with Gasteiger partial charge < -0.3 is 29.4 Å². The number of hydrogen-bond acceptors (Lipinski definition) is 6. The first-order valence-corrected chi connectivity index (χ1v) is 11.2. The molecule has 0 aromatic heterocycles. The molecule has 2 aromatic rings. The van der Waals surface area contributed by atoms with E-state index in [1.165, 1.54) is 12.5 Å². The summed E-state index contributed by atoms with van der Waals surface area (Å²) in [6.07, 6.45) is -2.67. The van der Waals surface area contributed by atoms with Crippen LogP contribution in [0.3, 0.4) is 0 Å². The largest absolute Gasteiger partial charge is 0.463 e. The molecule has 1 amide bonds. The first-order chi connectivity index (χ1) is 15.5. The molecule has 0 aliphatic carbocycles. The lowest BCUT2D eigenvalue weighted by Crippen LogP contribution is -2.67. The van der Waals surface area contributed by atoms with Crippen molar-refractivity contribution in [3.63, 3.8) is 0 Å². The molecular weight excluding hydrogens is 410 g/mol. The quantitative estimate of drug-likeness (QED) is 0.716. The highest BCUT2D eigenvalue weighted by atomic mass is 16.7. The molecule has 4 rings (SSSR count). The maximum Gasteiger partial charge on any atom is 0.223 e. The SMILES string of the molecule is CC[C@@H](C)c1ccc(O[C@@H]2O[C@@H]3CO[C@H](c4ccccc4)O[C@H]3[C@H](O)[C@H]2NC(C)=O)cc1. The van der Waals surface area contributed by atoms with E-state index in [-0.39, 0.29) is 12.5 Å². The highest BCUT2D eigenvalue weighted by Gasteiger charge is 2.50. The molecular formula is C25H31NO6. The molecule has 2 aliphatic heterocycles. The van der Waals surface area contributed by atoms with E-state index in [1.54, 1.807) is 0 Å². The van der Waals surface area contributed by atoms with Crippen LogP contribution in [-0.2, 0) is 19.0 Å². The van der Waals surface area contributed by atoms with E-state index in [9.17, 15) is 9.90 Å². The van der Waals surface area contributed by atoms with E-state index in [2.05, 4.69) is 19.2 Å². The van der Waals surface area contributed by atoms with Gasteiger partial charge in [0.25, 0.3) is 0 Å². The summed E-state index contributed by atoms with van der Waals surface area (Å²) in [5, 5.41) is 13.9. The predicted molar refractivity (Wildman–Crippen MR) is 118 cm³/mol. The second-order valence-electron chi connectivity index (χ2n) is 8.43. The number of amides is 1. The number of nitrogens with one attached hydrogen (secondary N) is 1. The molecule has 2 aliphatic rings. The third kappa shape index (κ3) is 4.96. The Labute approximate surface area is 188 Å². The highest BCUT2D eigenvalue weighted by molar-refractivity contribution is 5.73. The van der Waals surface area contributed by atoms with Crippen LogP contribution in [0.4, 0.5) is 0 Å². The van der Waals surface area contributed by atoms with Crippen LogP contribution >= 0.6 is 0 Å². The maximum atomic E-state index is 11.9. The minimum Gasteiger partial charge on any atom is -0.463 e. The van der Waals surface area contributed by atoms with Crippen molar-refractivity contribution >= 4 is 5.91 Å². The van der Waals surface area contributed by atoms with Gasteiger partial charge in [0.2, 0.25) is 12.2 Å². The number of fused-ring (bicyclic) bond motifs is 1. The average Bonchev–Trinajstić information content (AvgIpc) is 2.82. The van der Waals surface area contributed by atoms with Crippen LogP contribution in [0.2, 0.25) is 0 Å². The summed E-state index contributed by atoms with van der Waals surface area (Å²) in [6.45, 7) is 5.96. The summed E-state index contributed by atoms with van der Waals surface area (Å²) in [7, 11) is 0. The number of carbonyl (C=O) groups is 1. The van der Waals surface area contributed by atoms with Crippen molar-refractivity contribution in [2.45, 2.75) is 70.0 Å². The Morgan fingerprint density at radius 1 is 1.16 bits per heavy atom. The van der Waals surface area contributed by atoms with Crippen LogP contribution < -0.4 is 10.1 Å². The molecule has 0 radical (unpaired) electrons. The Kier molecular flexibility index (Phi) is 7.10. The minimum atomic E-state index is -1.03. The minimum absolute atomic E-state index is 0.237. The van der Waals surface area contributed by atoms with Gasteiger partial charge in [0.05, 0.1) is 6.61 Å². The van der Waals surface area contributed by atoms with Gasteiger partial charge in [0, 0.05) is 12.5 Å². The summed E-state index contributed by atoms with van der Waals surface area (Å²) < 4.78 is 24.1. The van der Waals surface area contributed by atoms with Crippen molar-refractivity contribution in [2.75, 3.05) is 6.61 Å². The Bertz CT molecular complexity index is 889. The standard InChI is InChI=1S/C25H31NO6/c1-4-15(2)17-10-12-19(13-11-17)30-25-21(26-16(3)27)22(28)23-20(31-25)14-29-24(32-23)18-8-6-5-7-9-18/h5-13,15,20-25,28H,4,14H2,1-3H3,(H,26,27)/t15-,20-,21-,22-,23-,24+,25-/m1/s1. The van der Waals surface area contributed by atoms with E-state index in [0.717, 1.165) is 12.0 Å². The molecule has 2 N–H and O–H groups in total. The number of carbonyl (C=O) groups excluding carboxylic acids is 1. The first kappa shape index (κ1) is 22.7. The lowest BCUT2D eigenvalue weighted by atomic mass is 9.95. The fourth-order valence-corrected chi connectivity index (χ4v) is 4.11. The van der Waals surface area contributed by atoms with Gasteiger partial charge in [0.15, 0.2) is 6.29 Å². The van der Waals surface area contributed by atoms with Crippen LogP contribution in [0.15, 0.2) is 54.6 Å². The predicted octanol–water partition coefficient (Wildman–Crippen LogP) is 3.28. The van der Waals surface area contributed by atoms with Gasteiger partial charge in [-0.05, 0) is 30.0 Å². The summed E-state index contributed by atoms with van der Waals surface area (Å²) in [4.78, 5) is 11.9. The maximum absolute atomic E-state index is 11.9. The van der Waals surface area contributed by atoms with Crippen LogP contribution in [0.25, 0.3) is 0 Å². The van der Waals surface area contributed by atoms with E-state index in [0.29, 0.717) is 11.7 Å². The number of hydrogen-bond donors (Lipinski definition) is 2. The summed E-state index contributed by atoms with van der Waals surface area (Å²) in [5.74, 6) is 0.769. The monoisotopic (exact) mass is 441 g/mol. The van der Waals surface area contributed by atoms with Gasteiger partial charge in [-0.3, -0.25) is 4.79 Å². The van der Waals surface area contributed by atoms with E-state index < -0.39 is 36.9 Å². The molecule has 2 aromatic carbocycles. The second-order valence-corrected chi connectivity index (χ2v) is 8.43. The van der Waals surface area contributed by atoms with Gasteiger partial charge in [-0.2, -0.15) is 0 Å². The molecule has 0 unspecified atom stereocenters. The lowest BCUT2D eigenvalue weighted by molar-refractivity contribution is -0.333. The summed E-state index contributed by atoms with van der Waals surface area (Å²) in [5.41, 5.74) is 2.08. The van der Waals surface area contributed by atoms with Crippen molar-refractivity contribution < 1.29 is 28.8 Å². The number of rotatable bonds is 6. The number of benzene rings is 2. The van der Waals surface area contributed by atoms with Gasteiger partial charge >= 0.3 is 0 Å². The molecule has 32 heavy (non-hydrogen) atoms. The van der Waals surface area contributed by atoms with Crippen LogP contribution in [0.1, 0.15) is 50.5 Å². The zero-order chi connectivity index (χ0) is 22.7. The van der Waals surface area contributed by atoms with E-state index >= 15 is 0 Å². The van der Waals surface area contributed by atoms with Crippen molar-refractivity contribution in [2.24, 2.45) is 0 Å². The van der Waals surface area contributed by atoms with Gasteiger partial charge in [-0.1, -0.05) is 56.3 Å². The average molecular weight is 442 g/mol. The summed E-state index contributed by atoms with van der Waals surface area (Å²) in [6, 6.07) is 16.5. The molecule has 2 saturated heterocycles. The van der Waals surface area contributed by atoms with Crippen molar-refractivity contribution in [3.8, 4) is 5.75 Å². The molecule has 2 fully saturated rings. The Hall–Kier alpha value is -2.45. The zero-order valence-corrected chi connectivity index (χ0v) is 18.6. The molecule has 0 spiro atoms. The first-order valence-electron chi connectivity index (χ1n) is 11.2. The van der Waals surface area contributed by atoms with E-state index in [4.69, 9.17) is 18.9 Å². The van der Waals surface area contributed by atoms with Crippen LogP contribution in [-0.4, -0.2) is 48.3 Å². The second kappa shape index (κ2) is 10.0. The Morgan fingerprint density at radius 3 is 2.53 bits per heavy atom. The van der Waals surface area contributed by atoms with Gasteiger partial charge in [0.1, 0.15) is 30.1 Å². The third-order valence-electron chi connectivity index (χ3n) is 6.12. The Balaban J connectivity index is 1.50. The highest BCUT2D eigenvalue weighted by Crippen LogP contribution is 2.35. The van der Waals surface area contributed by atoms with Gasteiger partial charge in [-0.15, -0.1) is 0 Å². The van der Waals surface area contributed by atoms with Crippen molar-refractivity contribution in [3.05, 3.63) is 65.7 Å². The topological polar surface area (TPSA) is 86.2 Å². The lowest BCUT2D eigenvalue weighted by Gasteiger charge is -2.47. The smallest absolute Gasteiger partial charge is 0.223 e. The molecule has 0 saturated carbocycles. The molecule has 0 bridgehead atoms.